The summed E-state index contributed by atoms with van der Waals surface area (Å²) in [5.41, 5.74) is 0.0979. The van der Waals surface area contributed by atoms with Crippen molar-refractivity contribution in [1.29, 1.82) is 0 Å². The minimum absolute atomic E-state index is 0.0979. The zero-order valence-corrected chi connectivity index (χ0v) is 11.5. The average Bonchev–Trinajstić information content (AvgIpc) is 2.41. The van der Waals surface area contributed by atoms with E-state index in [0.29, 0.717) is 0 Å². The highest BCUT2D eigenvalue weighted by atomic mass is 79.9. The van der Waals surface area contributed by atoms with Gasteiger partial charge in [0.2, 0.25) is 0 Å². The fraction of sp³-hybridized carbons (Fsp3) is 0.357. The third kappa shape index (κ3) is 2.10. The lowest BCUT2D eigenvalue weighted by molar-refractivity contribution is 0.0688. The van der Waals surface area contributed by atoms with Crippen molar-refractivity contribution < 1.29 is 4.74 Å². The third-order valence-corrected chi connectivity index (χ3v) is 3.97. The lowest BCUT2D eigenvalue weighted by Crippen LogP contribution is -2.28. The number of pyridine rings is 1. The van der Waals surface area contributed by atoms with Crippen LogP contribution in [0.1, 0.15) is 18.9 Å². The molecule has 2 aromatic rings. The second-order valence-electron chi connectivity index (χ2n) is 4.60. The fourth-order valence-corrected chi connectivity index (χ4v) is 2.84. The van der Waals surface area contributed by atoms with E-state index in [-0.39, 0.29) is 11.6 Å². The molecule has 0 atom stereocenters. The summed E-state index contributed by atoms with van der Waals surface area (Å²) in [6.45, 7) is 1.49. The second kappa shape index (κ2) is 4.86. The molecule has 0 N–H and O–H groups in total. The number of benzene rings is 1. The number of hydrogen-bond donors (Lipinski definition) is 0. The summed E-state index contributed by atoms with van der Waals surface area (Å²) >= 11 is 3.42. The molecule has 4 heteroatoms. The van der Waals surface area contributed by atoms with Crippen LogP contribution in [-0.4, -0.2) is 17.8 Å². The molecule has 0 saturated carbocycles. The van der Waals surface area contributed by atoms with Crippen molar-refractivity contribution in [2.75, 3.05) is 13.2 Å². The molecule has 1 aromatic carbocycles. The minimum Gasteiger partial charge on any atom is -0.381 e. The Kier molecular flexibility index (Phi) is 3.22. The summed E-state index contributed by atoms with van der Waals surface area (Å²) in [4.78, 5) is 12.5. The summed E-state index contributed by atoms with van der Waals surface area (Å²) in [5, 5.41) is 1.77. The van der Waals surface area contributed by atoms with E-state index >= 15 is 0 Å². The Balaban J connectivity index is 2.13. The molecule has 1 saturated heterocycles. The van der Waals surface area contributed by atoms with Crippen molar-refractivity contribution in [2.45, 2.75) is 18.9 Å². The molecule has 0 aliphatic carbocycles. The van der Waals surface area contributed by atoms with Gasteiger partial charge in [-0.1, -0.05) is 22.0 Å². The zero-order valence-electron chi connectivity index (χ0n) is 9.93. The van der Waals surface area contributed by atoms with E-state index in [0.717, 1.165) is 41.3 Å². The molecule has 94 valence electrons. The number of ether oxygens (including phenoxy) is 1. The lowest BCUT2D eigenvalue weighted by Gasteiger charge is -2.24. The van der Waals surface area contributed by atoms with E-state index in [1.807, 2.05) is 35.0 Å². The van der Waals surface area contributed by atoms with Gasteiger partial charge in [-0.05, 0) is 36.4 Å². The highest BCUT2D eigenvalue weighted by Gasteiger charge is 2.17. The quantitative estimate of drug-likeness (QED) is 0.810. The van der Waals surface area contributed by atoms with Crippen LogP contribution < -0.4 is 5.56 Å². The van der Waals surface area contributed by atoms with E-state index in [4.69, 9.17) is 4.74 Å². The topological polar surface area (TPSA) is 31.2 Å². The average molecular weight is 308 g/mol. The first-order valence-electron chi connectivity index (χ1n) is 6.14. The maximum absolute atomic E-state index is 12.5. The van der Waals surface area contributed by atoms with E-state index in [1.54, 1.807) is 0 Å². The normalized spacial score (nSPS) is 17.2. The van der Waals surface area contributed by atoms with Crippen LogP contribution in [0.4, 0.5) is 0 Å². The van der Waals surface area contributed by atoms with Crippen LogP contribution in [0.25, 0.3) is 10.8 Å². The molecule has 3 nitrogen and oxygen atoms in total. The molecule has 2 heterocycles. The second-order valence-corrected chi connectivity index (χ2v) is 5.52. The van der Waals surface area contributed by atoms with E-state index in [9.17, 15) is 4.79 Å². The molecule has 0 spiro atoms. The van der Waals surface area contributed by atoms with E-state index in [1.165, 1.54) is 0 Å². The first-order valence-corrected chi connectivity index (χ1v) is 6.93. The number of fused-ring (bicyclic) bond motifs is 1. The maximum Gasteiger partial charge on any atom is 0.258 e. The Morgan fingerprint density at radius 1 is 1.22 bits per heavy atom. The number of nitrogens with zero attached hydrogens (tertiary/aromatic N) is 1. The first kappa shape index (κ1) is 11.9. The van der Waals surface area contributed by atoms with Crippen LogP contribution in [-0.2, 0) is 4.74 Å². The highest BCUT2D eigenvalue weighted by Crippen LogP contribution is 2.21. The van der Waals surface area contributed by atoms with Crippen LogP contribution in [0.3, 0.4) is 0 Å². The molecular weight excluding hydrogens is 294 g/mol. The van der Waals surface area contributed by atoms with Gasteiger partial charge in [-0.3, -0.25) is 4.79 Å². The van der Waals surface area contributed by atoms with Crippen molar-refractivity contribution >= 4 is 26.7 Å². The standard InChI is InChI=1S/C14H14BrNO2/c15-11-2-1-10-3-6-16(14(17)13(10)9-11)12-4-7-18-8-5-12/h1-3,6,9,12H,4-5,7-8H2. The fourth-order valence-electron chi connectivity index (χ4n) is 2.48. The molecule has 3 rings (SSSR count). The van der Waals surface area contributed by atoms with Gasteiger partial charge in [0.25, 0.3) is 5.56 Å². The lowest BCUT2D eigenvalue weighted by atomic mass is 10.1. The summed E-state index contributed by atoms with van der Waals surface area (Å²) < 4.78 is 8.14. The third-order valence-electron chi connectivity index (χ3n) is 3.48. The van der Waals surface area contributed by atoms with Crippen LogP contribution in [0.15, 0.2) is 39.7 Å². The van der Waals surface area contributed by atoms with Crippen LogP contribution in [0.2, 0.25) is 0 Å². The molecule has 1 fully saturated rings. The highest BCUT2D eigenvalue weighted by molar-refractivity contribution is 9.10. The number of halogens is 1. The Morgan fingerprint density at radius 3 is 2.78 bits per heavy atom. The molecule has 1 aliphatic heterocycles. The van der Waals surface area contributed by atoms with Crippen LogP contribution in [0.5, 0.6) is 0 Å². The molecule has 1 aliphatic rings. The first-order chi connectivity index (χ1) is 8.75. The molecule has 0 amide bonds. The Bertz CT molecular complexity index is 629. The van der Waals surface area contributed by atoms with Crippen molar-refractivity contribution in [2.24, 2.45) is 0 Å². The monoisotopic (exact) mass is 307 g/mol. The molecular formula is C14H14BrNO2. The van der Waals surface area contributed by atoms with Gasteiger partial charge >= 0.3 is 0 Å². The van der Waals surface area contributed by atoms with Crippen molar-refractivity contribution in [3.63, 3.8) is 0 Å². The molecule has 0 unspecified atom stereocenters. The predicted molar refractivity (Wildman–Crippen MR) is 75.0 cm³/mol. The molecule has 18 heavy (non-hydrogen) atoms. The van der Waals surface area contributed by atoms with E-state index in [2.05, 4.69) is 15.9 Å². The molecule has 1 aromatic heterocycles. The predicted octanol–water partition coefficient (Wildman–Crippen LogP) is 3.12. The largest absolute Gasteiger partial charge is 0.381 e. The van der Waals surface area contributed by atoms with E-state index < -0.39 is 0 Å². The summed E-state index contributed by atoms with van der Waals surface area (Å²) in [6, 6.07) is 8.11. The minimum atomic E-state index is 0.0979. The van der Waals surface area contributed by atoms with Gasteiger partial charge in [-0.15, -0.1) is 0 Å². The maximum atomic E-state index is 12.5. The van der Waals surface area contributed by atoms with Crippen LogP contribution in [0, 0.1) is 0 Å². The van der Waals surface area contributed by atoms with Crippen molar-refractivity contribution in [3.05, 3.63) is 45.3 Å². The summed E-state index contributed by atoms with van der Waals surface area (Å²) in [6.07, 6.45) is 3.74. The van der Waals surface area contributed by atoms with Gasteiger partial charge in [0, 0.05) is 35.3 Å². The van der Waals surface area contributed by atoms with Gasteiger partial charge in [0.1, 0.15) is 0 Å². The van der Waals surface area contributed by atoms with Gasteiger partial charge in [-0.25, -0.2) is 0 Å². The van der Waals surface area contributed by atoms with Gasteiger partial charge in [0.05, 0.1) is 0 Å². The smallest absolute Gasteiger partial charge is 0.258 e. The zero-order chi connectivity index (χ0) is 12.5. The van der Waals surface area contributed by atoms with Crippen LogP contribution >= 0.6 is 15.9 Å². The Labute approximate surface area is 114 Å². The summed E-state index contributed by atoms with van der Waals surface area (Å²) in [7, 11) is 0. The number of hydrogen-bond acceptors (Lipinski definition) is 2. The Hall–Kier alpha value is -1.13. The molecule has 0 bridgehead atoms. The van der Waals surface area contributed by atoms with Gasteiger partial charge in [-0.2, -0.15) is 0 Å². The van der Waals surface area contributed by atoms with Crippen molar-refractivity contribution in [3.8, 4) is 0 Å². The molecule has 0 radical (unpaired) electrons. The van der Waals surface area contributed by atoms with Crippen molar-refractivity contribution in [1.82, 2.24) is 4.57 Å². The van der Waals surface area contributed by atoms with Gasteiger partial charge < -0.3 is 9.30 Å². The Morgan fingerprint density at radius 2 is 2.00 bits per heavy atom. The SMILES string of the molecule is O=c1c2cc(Br)ccc2ccn1C1CCOCC1. The number of aromatic nitrogens is 1. The van der Waals surface area contributed by atoms with Gasteiger partial charge in [0.15, 0.2) is 0 Å². The number of rotatable bonds is 1. The summed E-state index contributed by atoms with van der Waals surface area (Å²) in [5.74, 6) is 0.